The van der Waals surface area contributed by atoms with Crippen LogP contribution in [-0.2, 0) is 4.74 Å². The Morgan fingerprint density at radius 2 is 2.14 bits per heavy atom. The molecule has 1 heterocycles. The van der Waals surface area contributed by atoms with Gasteiger partial charge in [-0.1, -0.05) is 18.2 Å². The van der Waals surface area contributed by atoms with E-state index < -0.39 is 0 Å². The lowest BCUT2D eigenvalue weighted by Gasteiger charge is -2.25. The van der Waals surface area contributed by atoms with E-state index in [-0.39, 0.29) is 11.7 Å². The molecule has 0 radical (unpaired) electrons. The number of nitrogens with zero attached hydrogens (tertiary/aromatic N) is 1. The number of para-hydroxylation sites is 1. The van der Waals surface area contributed by atoms with Crippen LogP contribution in [0.5, 0.6) is 5.75 Å². The summed E-state index contributed by atoms with van der Waals surface area (Å²) >= 11 is 0. The molecule has 1 aliphatic heterocycles. The summed E-state index contributed by atoms with van der Waals surface area (Å²) in [5, 5.41) is 6.62. The molecule has 1 aromatic carbocycles. The second-order valence-corrected chi connectivity index (χ2v) is 5.95. The topological polar surface area (TPSA) is 54.9 Å². The van der Waals surface area contributed by atoms with Gasteiger partial charge in [-0.2, -0.15) is 0 Å². The van der Waals surface area contributed by atoms with Crippen molar-refractivity contribution in [2.45, 2.75) is 38.4 Å². The fourth-order valence-corrected chi connectivity index (χ4v) is 2.48. The summed E-state index contributed by atoms with van der Waals surface area (Å²) in [6.45, 7) is 6.48. The number of rotatable bonds is 6. The molecule has 1 aliphatic rings. The van der Waals surface area contributed by atoms with E-state index in [2.05, 4.69) is 22.5 Å². The number of hydrogen-bond acceptors (Lipinski definition) is 3. The molecular formula is C17H27N3O2. The third-order valence-electron chi connectivity index (χ3n) is 3.79. The number of ether oxygens (including phenoxy) is 2. The molecule has 5 nitrogen and oxygen atoms in total. The quantitative estimate of drug-likeness (QED) is 0.625. The number of nitrogens with one attached hydrogen (secondary N) is 2. The van der Waals surface area contributed by atoms with Gasteiger partial charge in [-0.25, -0.2) is 0 Å². The third-order valence-corrected chi connectivity index (χ3v) is 3.79. The molecule has 22 heavy (non-hydrogen) atoms. The summed E-state index contributed by atoms with van der Waals surface area (Å²) in [6.07, 6.45) is 2.27. The van der Waals surface area contributed by atoms with Crippen molar-refractivity contribution in [2.24, 2.45) is 4.99 Å². The molecule has 2 rings (SSSR count). The van der Waals surface area contributed by atoms with Crippen LogP contribution in [0, 0.1) is 0 Å². The Bertz CT molecular complexity index is 470. The van der Waals surface area contributed by atoms with Gasteiger partial charge in [0.1, 0.15) is 11.9 Å². The molecule has 2 unspecified atom stereocenters. The Hall–Kier alpha value is -1.75. The van der Waals surface area contributed by atoms with Crippen LogP contribution in [0.2, 0.25) is 0 Å². The Labute approximate surface area is 133 Å². The first-order valence-electron chi connectivity index (χ1n) is 7.91. The van der Waals surface area contributed by atoms with Crippen molar-refractivity contribution in [1.29, 1.82) is 0 Å². The second kappa shape index (κ2) is 8.03. The average Bonchev–Trinajstić information content (AvgIpc) is 2.95. The zero-order valence-corrected chi connectivity index (χ0v) is 13.8. The SMILES string of the molecule is CN=C(NCC(C)Oc1ccccc1)NCC1(C)CCCO1. The lowest BCUT2D eigenvalue weighted by atomic mass is 10.0. The van der Waals surface area contributed by atoms with Crippen LogP contribution < -0.4 is 15.4 Å². The predicted octanol–water partition coefficient (Wildman–Crippen LogP) is 2.19. The first-order chi connectivity index (χ1) is 10.6. The highest BCUT2D eigenvalue weighted by atomic mass is 16.5. The van der Waals surface area contributed by atoms with Gasteiger partial charge < -0.3 is 20.1 Å². The maximum Gasteiger partial charge on any atom is 0.191 e. The van der Waals surface area contributed by atoms with Gasteiger partial charge in [0.2, 0.25) is 0 Å². The van der Waals surface area contributed by atoms with Crippen LogP contribution in [0.1, 0.15) is 26.7 Å². The van der Waals surface area contributed by atoms with Gasteiger partial charge in [0, 0.05) is 20.2 Å². The van der Waals surface area contributed by atoms with E-state index in [0.29, 0.717) is 6.54 Å². The highest BCUT2D eigenvalue weighted by Crippen LogP contribution is 2.23. The van der Waals surface area contributed by atoms with Crippen LogP contribution >= 0.6 is 0 Å². The van der Waals surface area contributed by atoms with Crippen LogP contribution in [0.3, 0.4) is 0 Å². The van der Waals surface area contributed by atoms with E-state index >= 15 is 0 Å². The monoisotopic (exact) mass is 305 g/mol. The fraction of sp³-hybridized carbons (Fsp3) is 0.588. The van der Waals surface area contributed by atoms with Crippen LogP contribution in [0.15, 0.2) is 35.3 Å². The Morgan fingerprint density at radius 3 is 2.77 bits per heavy atom. The van der Waals surface area contributed by atoms with Crippen LogP contribution in [0.4, 0.5) is 0 Å². The third kappa shape index (κ3) is 5.22. The molecule has 1 fully saturated rings. The Balaban J connectivity index is 1.71. The standard InChI is InChI=1S/C17H27N3O2/c1-14(22-15-8-5-4-6-9-15)12-19-16(18-3)20-13-17(2)10-7-11-21-17/h4-6,8-9,14H,7,10-13H2,1-3H3,(H2,18,19,20). The van der Waals surface area contributed by atoms with Gasteiger partial charge in [-0.15, -0.1) is 0 Å². The van der Waals surface area contributed by atoms with Gasteiger partial charge >= 0.3 is 0 Å². The minimum Gasteiger partial charge on any atom is -0.489 e. The number of hydrogen-bond donors (Lipinski definition) is 2. The van der Waals surface area contributed by atoms with E-state index in [1.165, 1.54) is 0 Å². The molecular weight excluding hydrogens is 278 g/mol. The lowest BCUT2D eigenvalue weighted by molar-refractivity contribution is 0.0242. The molecule has 2 atom stereocenters. The summed E-state index contributed by atoms with van der Waals surface area (Å²) < 4.78 is 11.6. The highest BCUT2D eigenvalue weighted by Gasteiger charge is 2.29. The van der Waals surface area contributed by atoms with Gasteiger partial charge in [-0.3, -0.25) is 4.99 Å². The zero-order chi connectivity index (χ0) is 15.8. The molecule has 0 saturated carbocycles. The van der Waals surface area contributed by atoms with Crippen molar-refractivity contribution in [2.75, 3.05) is 26.7 Å². The molecule has 1 saturated heterocycles. The number of guanidine groups is 1. The van der Waals surface area contributed by atoms with Gasteiger partial charge in [-0.05, 0) is 38.8 Å². The first kappa shape index (κ1) is 16.6. The second-order valence-electron chi connectivity index (χ2n) is 5.95. The number of benzene rings is 1. The van der Waals surface area contributed by atoms with Crippen molar-refractivity contribution in [1.82, 2.24) is 10.6 Å². The zero-order valence-electron chi connectivity index (χ0n) is 13.8. The summed E-state index contributed by atoms with van der Waals surface area (Å²) in [4.78, 5) is 4.24. The Morgan fingerprint density at radius 1 is 1.36 bits per heavy atom. The number of aliphatic imine (C=N–C) groups is 1. The fourth-order valence-electron chi connectivity index (χ4n) is 2.48. The first-order valence-corrected chi connectivity index (χ1v) is 7.91. The smallest absolute Gasteiger partial charge is 0.191 e. The minimum atomic E-state index is -0.0796. The highest BCUT2D eigenvalue weighted by molar-refractivity contribution is 5.79. The van der Waals surface area contributed by atoms with E-state index in [9.17, 15) is 0 Å². The van der Waals surface area contributed by atoms with E-state index in [0.717, 1.165) is 37.7 Å². The van der Waals surface area contributed by atoms with Gasteiger partial charge in [0.25, 0.3) is 0 Å². The van der Waals surface area contributed by atoms with E-state index in [1.54, 1.807) is 7.05 Å². The maximum absolute atomic E-state index is 5.84. The molecule has 2 N–H and O–H groups in total. The van der Waals surface area contributed by atoms with Crippen molar-refractivity contribution in [3.05, 3.63) is 30.3 Å². The van der Waals surface area contributed by atoms with Gasteiger partial charge in [0.05, 0.1) is 12.1 Å². The summed E-state index contributed by atoms with van der Waals surface area (Å²) in [6, 6.07) is 9.84. The lowest BCUT2D eigenvalue weighted by Crippen LogP contribution is -2.47. The maximum atomic E-state index is 5.84. The molecule has 0 aromatic heterocycles. The van der Waals surface area contributed by atoms with Crippen LogP contribution in [0.25, 0.3) is 0 Å². The summed E-state index contributed by atoms with van der Waals surface area (Å²) in [5.41, 5.74) is -0.0796. The largest absolute Gasteiger partial charge is 0.489 e. The molecule has 1 aromatic rings. The minimum absolute atomic E-state index is 0.0549. The Kier molecular flexibility index (Phi) is 6.07. The van der Waals surface area contributed by atoms with E-state index in [1.807, 2.05) is 37.3 Å². The molecule has 0 amide bonds. The van der Waals surface area contributed by atoms with Crippen molar-refractivity contribution in [3.63, 3.8) is 0 Å². The van der Waals surface area contributed by atoms with Crippen molar-refractivity contribution >= 4 is 5.96 Å². The molecule has 5 heteroatoms. The van der Waals surface area contributed by atoms with Crippen molar-refractivity contribution < 1.29 is 9.47 Å². The van der Waals surface area contributed by atoms with E-state index in [4.69, 9.17) is 9.47 Å². The molecule has 0 spiro atoms. The average molecular weight is 305 g/mol. The normalized spacial score (nSPS) is 23.1. The van der Waals surface area contributed by atoms with Gasteiger partial charge in [0.15, 0.2) is 5.96 Å². The van der Waals surface area contributed by atoms with Crippen molar-refractivity contribution in [3.8, 4) is 5.75 Å². The molecule has 122 valence electrons. The molecule has 0 bridgehead atoms. The summed E-state index contributed by atoms with van der Waals surface area (Å²) in [7, 11) is 1.77. The molecule has 0 aliphatic carbocycles. The predicted molar refractivity (Wildman–Crippen MR) is 89.5 cm³/mol. The summed E-state index contributed by atoms with van der Waals surface area (Å²) in [5.74, 6) is 1.66. The van der Waals surface area contributed by atoms with Crippen LogP contribution in [-0.4, -0.2) is 44.4 Å².